The number of nitrogens with zero attached hydrogens (tertiary/aromatic N) is 2. The van der Waals surface area contributed by atoms with Gasteiger partial charge in [0.15, 0.2) is 4.90 Å². The van der Waals surface area contributed by atoms with Gasteiger partial charge >= 0.3 is 0 Å². The molecule has 5 nitrogen and oxygen atoms in total. The van der Waals surface area contributed by atoms with Crippen LogP contribution in [0.25, 0.3) is 0 Å². The van der Waals surface area contributed by atoms with Crippen molar-refractivity contribution in [1.82, 2.24) is 4.31 Å². The van der Waals surface area contributed by atoms with Gasteiger partial charge in [-0.15, -0.1) is 0 Å². The van der Waals surface area contributed by atoms with Crippen molar-refractivity contribution in [2.45, 2.75) is 36.2 Å². The molecular weight excluding hydrogens is 314 g/mol. The van der Waals surface area contributed by atoms with Crippen LogP contribution in [0.2, 0.25) is 0 Å². The molecule has 1 saturated carbocycles. The molecule has 0 atom stereocenters. The van der Waals surface area contributed by atoms with E-state index in [0.29, 0.717) is 25.0 Å². The normalized spacial score (nSPS) is 17.6. The average molecular weight is 330 g/mol. The second kappa shape index (κ2) is 5.91. The van der Waals surface area contributed by atoms with Crippen LogP contribution in [0.1, 0.15) is 31.2 Å². The van der Waals surface area contributed by atoms with Gasteiger partial charge in [-0.1, -0.05) is 12.8 Å². The maximum Gasteiger partial charge on any atom is 0.248 e. The first-order valence-corrected chi connectivity index (χ1v) is 8.21. The highest BCUT2D eigenvalue weighted by Crippen LogP contribution is 2.32. The third kappa shape index (κ3) is 3.11. The molecule has 0 aliphatic heterocycles. The van der Waals surface area contributed by atoms with Gasteiger partial charge in [0.25, 0.3) is 0 Å². The molecule has 0 spiro atoms. The largest absolute Gasteiger partial charge is 0.389 e. The number of benzene rings is 1. The summed E-state index contributed by atoms with van der Waals surface area (Å²) in [7, 11) is -3.27. The lowest BCUT2D eigenvalue weighted by Crippen LogP contribution is -2.42. The Kier molecular flexibility index (Phi) is 4.52. The fraction of sp³-hybridized carbons (Fsp3) is 0.500. The average Bonchev–Trinajstić information content (AvgIpc) is 2.83. The monoisotopic (exact) mass is 330 g/mol. The lowest BCUT2D eigenvalue weighted by atomic mass is 10.0. The van der Waals surface area contributed by atoms with Gasteiger partial charge in [0.2, 0.25) is 10.0 Å². The van der Waals surface area contributed by atoms with Crippen molar-refractivity contribution in [2.24, 2.45) is 0 Å². The first-order valence-electron chi connectivity index (χ1n) is 6.77. The summed E-state index contributed by atoms with van der Waals surface area (Å²) in [6.07, 6.45) is 2.46. The molecule has 1 N–H and O–H groups in total. The lowest BCUT2D eigenvalue weighted by molar-refractivity contribution is 0.0332. The molecule has 0 aromatic heterocycles. The molecule has 0 bridgehead atoms. The summed E-state index contributed by atoms with van der Waals surface area (Å²) >= 11 is 0. The molecule has 1 aromatic carbocycles. The minimum absolute atomic E-state index is 0.228. The second-order valence-electron chi connectivity index (χ2n) is 5.57. The van der Waals surface area contributed by atoms with Crippen LogP contribution in [0, 0.1) is 23.0 Å². The van der Waals surface area contributed by atoms with Crippen molar-refractivity contribution < 1.29 is 22.3 Å². The molecule has 1 aromatic rings. The van der Waals surface area contributed by atoms with Gasteiger partial charge in [0, 0.05) is 13.6 Å². The predicted molar refractivity (Wildman–Crippen MR) is 74.3 cm³/mol. The molecule has 8 heteroatoms. The van der Waals surface area contributed by atoms with Crippen molar-refractivity contribution in [3.63, 3.8) is 0 Å². The second-order valence-corrected chi connectivity index (χ2v) is 7.56. The van der Waals surface area contributed by atoms with Gasteiger partial charge in [0.1, 0.15) is 11.6 Å². The highest BCUT2D eigenvalue weighted by Gasteiger charge is 2.37. The van der Waals surface area contributed by atoms with Crippen molar-refractivity contribution >= 4 is 10.0 Å². The van der Waals surface area contributed by atoms with Crippen LogP contribution in [0.4, 0.5) is 8.78 Å². The SMILES string of the molecule is CN(CC1(O)CCCC1)S(=O)(=O)c1c(F)cc(C#N)cc1F. The third-order valence-corrected chi connectivity index (χ3v) is 5.70. The van der Waals surface area contributed by atoms with Crippen LogP contribution in [-0.2, 0) is 10.0 Å². The van der Waals surface area contributed by atoms with Crippen molar-refractivity contribution in [3.8, 4) is 6.07 Å². The number of hydrogen-bond acceptors (Lipinski definition) is 4. The zero-order valence-corrected chi connectivity index (χ0v) is 12.8. The molecule has 0 heterocycles. The Labute approximate surface area is 127 Å². The highest BCUT2D eigenvalue weighted by molar-refractivity contribution is 7.89. The van der Waals surface area contributed by atoms with E-state index in [9.17, 15) is 22.3 Å². The lowest BCUT2D eigenvalue weighted by Gasteiger charge is -2.28. The third-order valence-electron chi connectivity index (χ3n) is 3.85. The molecule has 0 radical (unpaired) electrons. The number of halogens is 2. The quantitative estimate of drug-likeness (QED) is 0.912. The zero-order chi connectivity index (χ0) is 16.5. The standard InChI is InChI=1S/C14H16F2N2O3S/c1-18(9-14(19)4-2-3-5-14)22(20,21)13-11(15)6-10(8-17)7-12(13)16/h6-7,19H,2-5,9H2,1H3. The molecule has 0 saturated heterocycles. The minimum atomic E-state index is -4.44. The molecule has 0 unspecified atom stereocenters. The summed E-state index contributed by atoms with van der Waals surface area (Å²) in [6.45, 7) is -0.228. The maximum absolute atomic E-state index is 13.9. The topological polar surface area (TPSA) is 81.4 Å². The number of nitriles is 1. The fourth-order valence-corrected chi connectivity index (χ4v) is 4.05. The Bertz CT molecular complexity index is 699. The van der Waals surface area contributed by atoms with E-state index in [0.717, 1.165) is 17.1 Å². The first kappa shape index (κ1) is 16.8. The predicted octanol–water partition coefficient (Wildman–Crippen LogP) is 1.76. The van der Waals surface area contributed by atoms with Gasteiger partial charge in [-0.25, -0.2) is 17.2 Å². The smallest absolute Gasteiger partial charge is 0.248 e. The molecule has 2 rings (SSSR count). The summed E-state index contributed by atoms with van der Waals surface area (Å²) in [5, 5.41) is 18.9. The molecule has 120 valence electrons. The van der Waals surface area contributed by atoms with Gasteiger partial charge in [-0.2, -0.15) is 9.57 Å². The number of likely N-dealkylation sites (N-methyl/N-ethyl adjacent to an activating group) is 1. The van der Waals surface area contributed by atoms with Crippen LogP contribution in [-0.4, -0.2) is 37.0 Å². The zero-order valence-electron chi connectivity index (χ0n) is 12.0. The van der Waals surface area contributed by atoms with Crippen molar-refractivity contribution in [2.75, 3.05) is 13.6 Å². The molecule has 1 aliphatic carbocycles. The van der Waals surface area contributed by atoms with Crippen LogP contribution in [0.5, 0.6) is 0 Å². The highest BCUT2D eigenvalue weighted by atomic mass is 32.2. The molecule has 22 heavy (non-hydrogen) atoms. The van der Waals surface area contributed by atoms with Gasteiger partial charge in [-0.3, -0.25) is 0 Å². The number of rotatable bonds is 4. The van der Waals surface area contributed by atoms with Crippen LogP contribution in [0.3, 0.4) is 0 Å². The van der Waals surface area contributed by atoms with E-state index in [2.05, 4.69) is 0 Å². The summed E-state index contributed by atoms with van der Waals surface area (Å²) in [5.74, 6) is -2.64. The molecule has 1 aliphatic rings. The van der Waals surface area contributed by atoms with E-state index < -0.39 is 32.2 Å². The fourth-order valence-electron chi connectivity index (χ4n) is 2.72. The van der Waals surface area contributed by atoms with E-state index in [4.69, 9.17) is 5.26 Å². The summed E-state index contributed by atoms with van der Waals surface area (Å²) < 4.78 is 53.3. The van der Waals surface area contributed by atoms with Gasteiger partial charge in [0.05, 0.1) is 17.2 Å². The summed E-state index contributed by atoms with van der Waals surface area (Å²) in [6, 6.07) is 2.90. The van der Waals surface area contributed by atoms with E-state index in [1.807, 2.05) is 0 Å². The van der Waals surface area contributed by atoms with Crippen LogP contribution in [0.15, 0.2) is 17.0 Å². The molecule has 0 amide bonds. The van der Waals surface area contributed by atoms with E-state index in [1.165, 1.54) is 7.05 Å². The van der Waals surface area contributed by atoms with E-state index in [-0.39, 0.29) is 12.1 Å². The molecule has 1 fully saturated rings. The Balaban J connectivity index is 2.36. The van der Waals surface area contributed by atoms with Crippen molar-refractivity contribution in [1.29, 1.82) is 5.26 Å². The molecular formula is C14H16F2N2O3S. The van der Waals surface area contributed by atoms with Gasteiger partial charge < -0.3 is 5.11 Å². The maximum atomic E-state index is 13.9. The Morgan fingerprint density at radius 1 is 1.32 bits per heavy atom. The van der Waals surface area contributed by atoms with E-state index >= 15 is 0 Å². The van der Waals surface area contributed by atoms with Gasteiger partial charge in [-0.05, 0) is 25.0 Å². The van der Waals surface area contributed by atoms with E-state index in [1.54, 1.807) is 6.07 Å². The number of hydrogen-bond donors (Lipinski definition) is 1. The minimum Gasteiger partial charge on any atom is -0.389 e. The Hall–Kier alpha value is -1.56. The number of aliphatic hydroxyl groups is 1. The van der Waals surface area contributed by atoms with Crippen LogP contribution < -0.4 is 0 Å². The summed E-state index contributed by atoms with van der Waals surface area (Å²) in [4.78, 5) is -1.10. The Morgan fingerprint density at radius 3 is 2.27 bits per heavy atom. The van der Waals surface area contributed by atoms with Crippen molar-refractivity contribution in [3.05, 3.63) is 29.3 Å². The number of sulfonamides is 1. The van der Waals surface area contributed by atoms with Crippen LogP contribution >= 0.6 is 0 Å². The first-order chi connectivity index (χ1) is 10.2. The Morgan fingerprint density at radius 2 is 1.82 bits per heavy atom. The summed E-state index contributed by atoms with van der Waals surface area (Å²) in [5.41, 5.74) is -1.47.